The minimum atomic E-state index is -1.16. The average Bonchev–Trinajstić information content (AvgIpc) is 3.71. The van der Waals surface area contributed by atoms with Crippen LogP contribution in [0.1, 0.15) is 131 Å². The van der Waals surface area contributed by atoms with Gasteiger partial charge in [0.05, 0.1) is 18.3 Å². The molecule has 284 valence electrons. The first-order valence-electron chi connectivity index (χ1n) is 19.7. The van der Waals surface area contributed by atoms with Crippen LogP contribution in [0.3, 0.4) is 0 Å². The molecule has 0 aromatic carbocycles. The number of aliphatic hydroxyl groups excluding tert-OH is 1. The Morgan fingerprint density at radius 1 is 1.06 bits per heavy atom. The first kappa shape index (κ1) is 38.6. The molecule has 6 rings (SSSR count). The van der Waals surface area contributed by atoms with Crippen molar-refractivity contribution in [2.24, 2.45) is 28.9 Å². The van der Waals surface area contributed by atoms with Crippen molar-refractivity contribution in [2.75, 3.05) is 6.54 Å². The number of carbonyl (C=O) groups is 2. The third-order valence-corrected chi connectivity index (χ3v) is 13.6. The van der Waals surface area contributed by atoms with Crippen LogP contribution in [0.5, 0.6) is 0 Å². The zero-order valence-electron chi connectivity index (χ0n) is 31.9. The van der Waals surface area contributed by atoms with Gasteiger partial charge in [0.1, 0.15) is 17.5 Å². The van der Waals surface area contributed by atoms with Gasteiger partial charge in [-0.1, -0.05) is 37.6 Å². The van der Waals surface area contributed by atoms with E-state index < -0.39 is 34.8 Å². The SMILES string of the molecule is C=C1CCCC(=O)C2(CCC(C)CN)CCC(C3C=C(C)C(=O)O3)=C(C)C2/C=C(\C)C(O)CC2OC3(CCC4(OC(CCC4(C)O)C1)O3)CC2C. The quantitative estimate of drug-likeness (QED) is 0.206. The molecule has 1 aliphatic carbocycles. The van der Waals surface area contributed by atoms with E-state index in [2.05, 4.69) is 33.4 Å². The van der Waals surface area contributed by atoms with Crippen LogP contribution in [0.25, 0.3) is 0 Å². The van der Waals surface area contributed by atoms with Gasteiger partial charge in [-0.2, -0.15) is 0 Å². The van der Waals surface area contributed by atoms with Gasteiger partial charge in [0.15, 0.2) is 5.79 Å². The highest BCUT2D eigenvalue weighted by molar-refractivity contribution is 5.91. The van der Waals surface area contributed by atoms with Gasteiger partial charge in [0.2, 0.25) is 5.79 Å². The van der Waals surface area contributed by atoms with E-state index >= 15 is 0 Å². The summed E-state index contributed by atoms with van der Waals surface area (Å²) in [6.07, 6.45) is 11.1. The Morgan fingerprint density at radius 3 is 2.53 bits per heavy atom. The summed E-state index contributed by atoms with van der Waals surface area (Å²) in [6.45, 7) is 16.9. The van der Waals surface area contributed by atoms with Crippen molar-refractivity contribution in [2.45, 2.75) is 173 Å². The molecule has 0 aromatic rings. The second kappa shape index (κ2) is 14.6. The van der Waals surface area contributed by atoms with Gasteiger partial charge in [-0.15, -0.1) is 0 Å². The number of allylic oxidation sites excluding steroid dienone is 2. The lowest BCUT2D eigenvalue weighted by Crippen LogP contribution is -2.60. The number of rotatable bonds is 5. The summed E-state index contributed by atoms with van der Waals surface area (Å²) in [5.41, 5.74) is 8.80. The number of hydrogen-bond donors (Lipinski definition) is 3. The van der Waals surface area contributed by atoms with E-state index in [4.69, 9.17) is 24.7 Å². The van der Waals surface area contributed by atoms with E-state index in [1.54, 1.807) is 6.92 Å². The number of ether oxygens (including phenoxy) is 4. The number of ketones is 1. The number of fused-ring (bicyclic) bond motifs is 3. The number of nitrogens with two attached hydrogens (primary N) is 1. The van der Waals surface area contributed by atoms with E-state index in [9.17, 15) is 19.8 Å². The van der Waals surface area contributed by atoms with Gasteiger partial charge < -0.3 is 34.9 Å². The normalized spacial score (nSPS) is 44.1. The molecule has 2 spiro atoms. The molecule has 4 N–H and O–H groups in total. The Hall–Kier alpha value is -2.14. The predicted octanol–water partition coefficient (Wildman–Crippen LogP) is 6.90. The molecule has 9 heteroatoms. The summed E-state index contributed by atoms with van der Waals surface area (Å²) in [5, 5.41) is 23.5. The van der Waals surface area contributed by atoms with Crippen LogP contribution >= 0.6 is 0 Å². The van der Waals surface area contributed by atoms with Crippen LogP contribution in [0, 0.1) is 23.2 Å². The number of Topliss-reactive ketones (excluding diaryl/α,β-unsaturated/α-hetero) is 1. The highest BCUT2D eigenvalue weighted by atomic mass is 16.8. The van der Waals surface area contributed by atoms with E-state index in [0.717, 1.165) is 28.7 Å². The molecule has 11 atom stereocenters. The van der Waals surface area contributed by atoms with Crippen LogP contribution in [0.4, 0.5) is 0 Å². The van der Waals surface area contributed by atoms with Gasteiger partial charge in [0, 0.05) is 49.0 Å². The van der Waals surface area contributed by atoms with E-state index in [-0.39, 0.29) is 41.7 Å². The minimum Gasteiger partial charge on any atom is -0.450 e. The van der Waals surface area contributed by atoms with Crippen molar-refractivity contribution in [1.82, 2.24) is 0 Å². The largest absolute Gasteiger partial charge is 0.450 e. The van der Waals surface area contributed by atoms with Crippen molar-refractivity contribution in [3.05, 3.63) is 46.6 Å². The Kier molecular flexibility index (Phi) is 11.0. The molecule has 5 aliphatic heterocycles. The Morgan fingerprint density at radius 2 is 1.82 bits per heavy atom. The summed E-state index contributed by atoms with van der Waals surface area (Å²) in [7, 11) is 0. The molecule has 4 bridgehead atoms. The Labute approximate surface area is 305 Å². The summed E-state index contributed by atoms with van der Waals surface area (Å²) < 4.78 is 26.0. The number of esters is 1. The lowest BCUT2D eigenvalue weighted by atomic mass is 9.58. The fourth-order valence-electron chi connectivity index (χ4n) is 10.0. The van der Waals surface area contributed by atoms with Crippen LogP contribution in [-0.2, 0) is 28.5 Å². The minimum absolute atomic E-state index is 0.116. The molecule has 0 saturated carbocycles. The summed E-state index contributed by atoms with van der Waals surface area (Å²) in [5.74, 6) is -2.00. The van der Waals surface area contributed by atoms with Crippen molar-refractivity contribution < 1.29 is 38.7 Å². The lowest BCUT2D eigenvalue weighted by molar-refractivity contribution is -0.387. The van der Waals surface area contributed by atoms with E-state index in [1.165, 1.54) is 0 Å². The molecule has 0 aromatic heterocycles. The molecular weight excluding hydrogens is 646 g/mol. The summed E-state index contributed by atoms with van der Waals surface area (Å²) >= 11 is 0. The molecular formula is C42H63NO8. The van der Waals surface area contributed by atoms with E-state index in [0.29, 0.717) is 95.6 Å². The Balaban J connectivity index is 1.38. The third kappa shape index (κ3) is 7.37. The maximum absolute atomic E-state index is 14.8. The van der Waals surface area contributed by atoms with Crippen molar-refractivity contribution >= 4 is 11.8 Å². The van der Waals surface area contributed by atoms with Crippen LogP contribution in [-0.4, -0.2) is 70.1 Å². The van der Waals surface area contributed by atoms with Crippen LogP contribution in [0.2, 0.25) is 0 Å². The van der Waals surface area contributed by atoms with Gasteiger partial charge in [-0.05, 0) is 121 Å². The van der Waals surface area contributed by atoms with Crippen molar-refractivity contribution in [1.29, 1.82) is 0 Å². The molecule has 5 heterocycles. The van der Waals surface area contributed by atoms with Crippen LogP contribution < -0.4 is 5.73 Å². The van der Waals surface area contributed by atoms with Gasteiger partial charge in [0.25, 0.3) is 0 Å². The van der Waals surface area contributed by atoms with Gasteiger partial charge in [-0.25, -0.2) is 4.79 Å². The predicted molar refractivity (Wildman–Crippen MR) is 195 cm³/mol. The molecule has 0 amide bonds. The molecule has 9 nitrogen and oxygen atoms in total. The smallest absolute Gasteiger partial charge is 0.334 e. The lowest BCUT2D eigenvalue weighted by Gasteiger charge is -2.49. The number of cyclic esters (lactones) is 1. The molecule has 6 aliphatic rings. The van der Waals surface area contributed by atoms with Crippen LogP contribution in [0.15, 0.2) is 46.6 Å². The molecule has 11 unspecified atom stereocenters. The summed E-state index contributed by atoms with van der Waals surface area (Å²) in [4.78, 5) is 27.3. The number of aliphatic hydroxyl groups is 2. The first-order valence-corrected chi connectivity index (χ1v) is 19.7. The highest BCUT2D eigenvalue weighted by Gasteiger charge is 2.64. The maximum atomic E-state index is 14.8. The number of carbonyl (C=O) groups excluding carboxylic acids is 2. The monoisotopic (exact) mass is 709 g/mol. The molecule has 3 fully saturated rings. The first-order chi connectivity index (χ1) is 24.0. The second-order valence-electron chi connectivity index (χ2n) is 17.4. The summed E-state index contributed by atoms with van der Waals surface area (Å²) in [6, 6.07) is 0. The second-order valence-corrected chi connectivity index (χ2v) is 17.4. The van der Waals surface area contributed by atoms with E-state index in [1.807, 2.05) is 19.9 Å². The number of hydrogen-bond acceptors (Lipinski definition) is 9. The molecule has 51 heavy (non-hydrogen) atoms. The topological polar surface area (TPSA) is 138 Å². The maximum Gasteiger partial charge on any atom is 0.334 e. The fourth-order valence-corrected chi connectivity index (χ4v) is 10.0. The zero-order chi connectivity index (χ0) is 36.9. The van der Waals surface area contributed by atoms with Crippen molar-refractivity contribution in [3.8, 4) is 0 Å². The standard InChI is InChI=1S/C42H63NO8/c1-25-9-8-10-37(45)40(15-11-26(2)24-43)16-13-32(36-21-28(4)38(46)48-36)30(6)33(40)20-27(3)34(44)22-35-29(5)23-41(50-35)17-18-42(51-41)39(7,47)14-12-31(19-25)49-42/h20-21,26,29,31,33-36,44,47H,1,8-19,22-24,43H2,2-7H3/b27-20+. The fraction of sp³-hybridized carbons (Fsp3) is 0.762. The molecule has 0 radical (unpaired) electrons. The van der Waals surface area contributed by atoms with Gasteiger partial charge in [-0.3, -0.25) is 4.79 Å². The van der Waals surface area contributed by atoms with Gasteiger partial charge >= 0.3 is 5.97 Å². The Bertz CT molecular complexity index is 1480. The molecule has 3 saturated heterocycles. The van der Waals surface area contributed by atoms with Crippen molar-refractivity contribution in [3.63, 3.8) is 0 Å². The highest BCUT2D eigenvalue weighted by Crippen LogP contribution is 2.56. The average molecular weight is 710 g/mol. The zero-order valence-corrected chi connectivity index (χ0v) is 31.9. The third-order valence-electron chi connectivity index (χ3n) is 13.6.